The molecule has 21 heavy (non-hydrogen) atoms. The summed E-state index contributed by atoms with van der Waals surface area (Å²) in [5, 5.41) is 28.9. The number of nitrogens with two attached hydrogens (primary N) is 1. The quantitative estimate of drug-likeness (QED) is 0.464. The lowest BCUT2D eigenvalue weighted by atomic mass is 10.1. The zero-order valence-corrected chi connectivity index (χ0v) is 10.7. The van der Waals surface area contributed by atoms with Gasteiger partial charge in [0.2, 0.25) is 0 Å². The lowest BCUT2D eigenvalue weighted by molar-refractivity contribution is -0.0526. The molecule has 4 unspecified atom stereocenters. The fraction of sp³-hybridized carbons (Fsp3) is 0.455. The van der Waals surface area contributed by atoms with Crippen molar-refractivity contribution in [3.05, 3.63) is 22.9 Å². The average Bonchev–Trinajstić information content (AvgIpc) is 2.74. The third-order valence-electron chi connectivity index (χ3n) is 3.34. The average molecular weight is 295 g/mol. The molecule has 0 spiro atoms. The number of nitrogen functional groups attached to an aromatic ring is 1. The van der Waals surface area contributed by atoms with Crippen molar-refractivity contribution >= 4 is 5.82 Å². The van der Waals surface area contributed by atoms with Crippen LogP contribution in [0.25, 0.3) is 11.5 Å². The Labute approximate surface area is 117 Å². The van der Waals surface area contributed by atoms with E-state index in [2.05, 4.69) is 15.0 Å². The van der Waals surface area contributed by atoms with Crippen LogP contribution >= 0.6 is 0 Å². The monoisotopic (exact) mass is 295 g/mol. The first-order valence-corrected chi connectivity index (χ1v) is 6.15. The Morgan fingerprint density at radius 2 is 2.10 bits per heavy atom. The van der Waals surface area contributed by atoms with Crippen LogP contribution in [-0.4, -0.2) is 59.8 Å². The fourth-order valence-electron chi connectivity index (χ4n) is 2.31. The molecule has 0 amide bonds. The molecule has 1 fully saturated rings. The minimum atomic E-state index is -1.30. The van der Waals surface area contributed by atoms with Gasteiger partial charge in [-0.25, -0.2) is 9.78 Å². The van der Waals surface area contributed by atoms with E-state index in [9.17, 15) is 15.0 Å². The zero-order chi connectivity index (χ0) is 15.1. The summed E-state index contributed by atoms with van der Waals surface area (Å²) in [5.41, 5.74) is 5.00. The number of aliphatic hydroxyl groups excluding tert-OH is 3. The molecule has 3 heterocycles. The predicted molar refractivity (Wildman–Crippen MR) is 68.1 cm³/mol. The first-order valence-electron chi connectivity index (χ1n) is 6.15. The van der Waals surface area contributed by atoms with Crippen LogP contribution in [0, 0.1) is 0 Å². The van der Waals surface area contributed by atoms with E-state index in [1.165, 1.54) is 17.0 Å². The molecular formula is C11H13N5O5. The molecule has 0 aliphatic carbocycles. The molecule has 112 valence electrons. The van der Waals surface area contributed by atoms with E-state index in [0.29, 0.717) is 0 Å². The molecular weight excluding hydrogens is 282 g/mol. The van der Waals surface area contributed by atoms with Gasteiger partial charge in [0.25, 0.3) is 0 Å². The van der Waals surface area contributed by atoms with Crippen molar-refractivity contribution < 1.29 is 20.1 Å². The van der Waals surface area contributed by atoms with Gasteiger partial charge in [0, 0.05) is 12.4 Å². The smallest absolute Gasteiger partial charge is 0.371 e. The fourth-order valence-corrected chi connectivity index (χ4v) is 2.31. The topological polar surface area (TPSA) is 157 Å². The van der Waals surface area contributed by atoms with E-state index >= 15 is 0 Å². The first-order chi connectivity index (χ1) is 10.0. The molecule has 0 aromatic heterocycles. The molecule has 3 aliphatic heterocycles. The minimum absolute atomic E-state index is 0.0739. The second-order valence-electron chi connectivity index (χ2n) is 4.63. The number of hydrogen-bond acceptors (Lipinski definition) is 9. The van der Waals surface area contributed by atoms with Gasteiger partial charge in [-0.15, -0.1) is 0 Å². The van der Waals surface area contributed by atoms with Crippen LogP contribution in [0.3, 0.4) is 0 Å². The molecule has 0 aromatic rings. The van der Waals surface area contributed by atoms with Crippen LogP contribution in [-0.2, 0) is 4.74 Å². The number of rotatable bonds is 2. The molecule has 1 saturated heterocycles. The van der Waals surface area contributed by atoms with Crippen molar-refractivity contribution in [3.63, 3.8) is 0 Å². The number of ether oxygens (including phenoxy) is 1. The Balaban J connectivity index is 2.11. The molecule has 3 rings (SSSR count). The van der Waals surface area contributed by atoms with E-state index in [4.69, 9.17) is 15.6 Å². The molecule has 0 radical (unpaired) electrons. The van der Waals surface area contributed by atoms with E-state index < -0.39 is 36.8 Å². The number of anilines is 1. The maximum atomic E-state index is 11.4. The summed E-state index contributed by atoms with van der Waals surface area (Å²) in [6.07, 6.45) is -1.73. The largest absolute Gasteiger partial charge is 0.394 e. The summed E-state index contributed by atoms with van der Waals surface area (Å²) in [5.74, 6) is -0.0177. The second kappa shape index (κ2) is 5.00. The summed E-state index contributed by atoms with van der Waals surface area (Å²) < 4.78 is 6.72. The van der Waals surface area contributed by atoms with Crippen LogP contribution in [0.4, 0.5) is 5.82 Å². The van der Waals surface area contributed by atoms with Crippen molar-refractivity contribution in [2.45, 2.75) is 24.5 Å². The molecule has 3 aliphatic rings. The number of nitrogens with zero attached hydrogens (tertiary/aromatic N) is 4. The number of fused-ring (bicyclic) bond motifs is 1. The minimum Gasteiger partial charge on any atom is -0.394 e. The van der Waals surface area contributed by atoms with Crippen molar-refractivity contribution in [3.8, 4) is 11.5 Å². The molecule has 10 heteroatoms. The lowest BCUT2D eigenvalue weighted by Crippen LogP contribution is -2.33. The zero-order valence-electron chi connectivity index (χ0n) is 10.7. The van der Waals surface area contributed by atoms with Gasteiger partial charge in [0.05, 0.1) is 6.61 Å². The Bertz CT molecular complexity index is 691. The summed E-state index contributed by atoms with van der Waals surface area (Å²) in [6, 6.07) is 0. The predicted octanol–water partition coefficient (Wildman–Crippen LogP) is -2.67. The Hall–Kier alpha value is -2.14. The third kappa shape index (κ3) is 2.14. The number of hydrogen-bond donors (Lipinski definition) is 4. The van der Waals surface area contributed by atoms with Crippen LogP contribution in [0.5, 0.6) is 0 Å². The normalized spacial score (nSPS) is 29.1. The maximum Gasteiger partial charge on any atom is 0.371 e. The summed E-state index contributed by atoms with van der Waals surface area (Å²) in [4.78, 5) is 22.6. The third-order valence-corrected chi connectivity index (χ3v) is 3.34. The van der Waals surface area contributed by atoms with E-state index in [1.807, 2.05) is 0 Å². The molecule has 0 aromatic carbocycles. The highest BCUT2D eigenvalue weighted by Crippen LogP contribution is 2.32. The van der Waals surface area contributed by atoms with Crippen LogP contribution in [0.2, 0.25) is 0 Å². The van der Waals surface area contributed by atoms with E-state index in [0.717, 1.165) is 0 Å². The molecule has 4 atom stereocenters. The summed E-state index contributed by atoms with van der Waals surface area (Å²) in [6.45, 7) is -0.456. The van der Waals surface area contributed by atoms with Crippen LogP contribution < -0.4 is 11.4 Å². The van der Waals surface area contributed by atoms with Gasteiger partial charge >= 0.3 is 5.69 Å². The van der Waals surface area contributed by atoms with Gasteiger partial charge in [-0.05, 0) is 0 Å². The maximum absolute atomic E-state index is 11.4. The lowest BCUT2D eigenvalue weighted by Gasteiger charge is -2.21. The van der Waals surface area contributed by atoms with Crippen molar-refractivity contribution in [1.29, 1.82) is 0 Å². The molecule has 0 saturated carbocycles. The van der Waals surface area contributed by atoms with Gasteiger partial charge in [-0.1, -0.05) is 0 Å². The van der Waals surface area contributed by atoms with Crippen LogP contribution in [0.15, 0.2) is 17.2 Å². The van der Waals surface area contributed by atoms with Crippen molar-refractivity contribution in [2.75, 3.05) is 12.3 Å². The second-order valence-corrected chi connectivity index (χ2v) is 4.63. The SMILES string of the molecule is Nc1nc(=O)nc2n(C3OC(CO)C(O)C3O)ccnc1-2. The Morgan fingerprint density at radius 3 is 2.76 bits per heavy atom. The van der Waals surface area contributed by atoms with Crippen LogP contribution in [0.1, 0.15) is 6.23 Å². The summed E-state index contributed by atoms with van der Waals surface area (Å²) in [7, 11) is 0. The van der Waals surface area contributed by atoms with Crippen molar-refractivity contribution in [2.24, 2.45) is 0 Å². The summed E-state index contributed by atoms with van der Waals surface area (Å²) >= 11 is 0. The number of aromatic nitrogens is 4. The first kappa shape index (κ1) is 13.8. The number of aliphatic hydroxyl groups is 3. The standard InChI is InChI=1S/C11H13N5O5/c12-8-5-9(15-11(20)14-8)16(2-1-13-5)10-7(19)6(18)4(3-17)21-10/h1-2,4,6-7,10,17-19H,3H2,(H2,12,14,20). The van der Waals surface area contributed by atoms with Gasteiger partial charge in [0.15, 0.2) is 17.9 Å². The van der Waals surface area contributed by atoms with E-state index in [1.54, 1.807) is 0 Å². The van der Waals surface area contributed by atoms with Crippen molar-refractivity contribution in [1.82, 2.24) is 19.5 Å². The molecule has 0 bridgehead atoms. The van der Waals surface area contributed by atoms with Gasteiger partial charge in [-0.3, -0.25) is 0 Å². The van der Waals surface area contributed by atoms with E-state index in [-0.39, 0.29) is 17.3 Å². The van der Waals surface area contributed by atoms with Gasteiger partial charge in [-0.2, -0.15) is 9.97 Å². The Kier molecular flexibility index (Phi) is 3.29. The highest BCUT2D eigenvalue weighted by molar-refractivity contribution is 5.63. The highest BCUT2D eigenvalue weighted by Gasteiger charge is 2.44. The highest BCUT2D eigenvalue weighted by atomic mass is 16.6. The van der Waals surface area contributed by atoms with Gasteiger partial charge in [0.1, 0.15) is 24.0 Å². The molecule has 5 N–H and O–H groups in total. The molecule has 10 nitrogen and oxygen atoms in total. The Morgan fingerprint density at radius 1 is 1.33 bits per heavy atom. The van der Waals surface area contributed by atoms with Gasteiger partial charge < -0.3 is 30.4 Å².